The molecule has 0 aliphatic carbocycles. The molecule has 0 rings (SSSR count). The number of rotatable bonds is 8. The van der Waals surface area contributed by atoms with Crippen LogP contribution in [0.1, 0.15) is 12.8 Å². The predicted molar refractivity (Wildman–Crippen MR) is 69.2 cm³/mol. The monoisotopic (exact) mass is 238 g/mol. The van der Waals surface area contributed by atoms with E-state index in [2.05, 4.69) is 9.98 Å². The summed E-state index contributed by atoms with van der Waals surface area (Å²) in [5.41, 5.74) is 10.4. The molecule has 0 fully saturated rings. The van der Waals surface area contributed by atoms with E-state index in [0.717, 1.165) is 0 Å². The highest BCUT2D eigenvalue weighted by molar-refractivity contribution is 5.83. The van der Waals surface area contributed by atoms with Crippen LogP contribution in [0.2, 0.25) is 0 Å². The van der Waals surface area contributed by atoms with Crippen LogP contribution in [0.5, 0.6) is 0 Å². The first-order chi connectivity index (χ1) is 8.22. The van der Waals surface area contributed by atoms with Crippen molar-refractivity contribution < 1.29 is 9.90 Å². The van der Waals surface area contributed by atoms with Crippen LogP contribution in [0, 0.1) is 0 Å². The zero-order chi connectivity index (χ0) is 12.9. The highest BCUT2D eigenvalue weighted by Gasteiger charge is 2.13. The van der Waals surface area contributed by atoms with Crippen molar-refractivity contribution in [2.24, 2.45) is 21.5 Å². The van der Waals surface area contributed by atoms with Crippen LogP contribution < -0.4 is 11.5 Å². The summed E-state index contributed by atoms with van der Waals surface area (Å²) in [5.74, 6) is -0.942. The first kappa shape index (κ1) is 15.0. The standard InChI is InChI=1S/C11H18N4O2/c12-5-3-4-10(11(16)17)15-8-2-1-7-14-9-6-13/h1-2,6-10H,3-5,12-13H2,(H,16,17)/b2-1+,9-6-,14-7+,15-8?. The summed E-state index contributed by atoms with van der Waals surface area (Å²) in [6, 6.07) is -0.732. The molecule has 1 unspecified atom stereocenters. The Morgan fingerprint density at radius 1 is 1.35 bits per heavy atom. The number of hydrogen-bond acceptors (Lipinski definition) is 5. The first-order valence-corrected chi connectivity index (χ1v) is 5.23. The highest BCUT2D eigenvalue weighted by atomic mass is 16.4. The molecule has 0 aromatic rings. The molecule has 0 heterocycles. The molecule has 94 valence electrons. The molecule has 1 atom stereocenters. The van der Waals surface area contributed by atoms with Gasteiger partial charge in [-0.05, 0) is 31.5 Å². The second-order valence-electron chi connectivity index (χ2n) is 3.11. The van der Waals surface area contributed by atoms with Gasteiger partial charge < -0.3 is 16.6 Å². The van der Waals surface area contributed by atoms with Crippen molar-refractivity contribution >= 4 is 18.4 Å². The topological polar surface area (TPSA) is 114 Å². The molecule has 0 radical (unpaired) electrons. The van der Waals surface area contributed by atoms with Crippen molar-refractivity contribution in [2.45, 2.75) is 18.9 Å². The lowest BCUT2D eigenvalue weighted by molar-refractivity contribution is -0.138. The smallest absolute Gasteiger partial charge is 0.328 e. The van der Waals surface area contributed by atoms with Crippen LogP contribution in [0.3, 0.4) is 0 Å². The number of nitrogens with two attached hydrogens (primary N) is 2. The largest absolute Gasteiger partial charge is 0.480 e. The summed E-state index contributed by atoms with van der Waals surface area (Å²) in [4.78, 5) is 18.5. The molecule has 6 heteroatoms. The van der Waals surface area contributed by atoms with Crippen LogP contribution in [0.15, 0.2) is 34.5 Å². The van der Waals surface area contributed by atoms with E-state index < -0.39 is 12.0 Å². The van der Waals surface area contributed by atoms with Gasteiger partial charge in [-0.25, -0.2) is 4.79 Å². The number of aliphatic carboxylic acids is 1. The van der Waals surface area contributed by atoms with Gasteiger partial charge in [-0.15, -0.1) is 0 Å². The van der Waals surface area contributed by atoms with Crippen molar-refractivity contribution in [1.82, 2.24) is 0 Å². The minimum absolute atomic E-state index is 0.445. The summed E-state index contributed by atoms with van der Waals surface area (Å²) in [6.07, 6.45) is 10.0. The minimum atomic E-state index is -0.942. The van der Waals surface area contributed by atoms with Gasteiger partial charge in [0.05, 0.1) is 0 Å². The minimum Gasteiger partial charge on any atom is -0.480 e. The first-order valence-electron chi connectivity index (χ1n) is 5.23. The third-order valence-corrected chi connectivity index (χ3v) is 1.77. The average Bonchev–Trinajstić information content (AvgIpc) is 2.31. The lowest BCUT2D eigenvalue weighted by Gasteiger charge is -2.04. The Kier molecular flexibility index (Phi) is 9.35. The van der Waals surface area contributed by atoms with E-state index >= 15 is 0 Å². The van der Waals surface area contributed by atoms with Crippen molar-refractivity contribution in [2.75, 3.05) is 6.54 Å². The van der Waals surface area contributed by atoms with Crippen molar-refractivity contribution in [1.29, 1.82) is 0 Å². The quantitative estimate of drug-likeness (QED) is 0.528. The molecule has 0 bridgehead atoms. The number of hydrogen-bond donors (Lipinski definition) is 3. The fraction of sp³-hybridized carbons (Fsp3) is 0.364. The van der Waals surface area contributed by atoms with Crippen LogP contribution in [-0.4, -0.2) is 36.1 Å². The number of nitrogens with zero attached hydrogens (tertiary/aromatic N) is 2. The summed E-state index contributed by atoms with van der Waals surface area (Å²) < 4.78 is 0. The van der Waals surface area contributed by atoms with E-state index in [-0.39, 0.29) is 0 Å². The highest BCUT2D eigenvalue weighted by Crippen LogP contribution is 2.00. The molecule has 0 spiro atoms. The third kappa shape index (κ3) is 9.01. The van der Waals surface area contributed by atoms with E-state index in [9.17, 15) is 4.79 Å². The summed E-state index contributed by atoms with van der Waals surface area (Å²) in [6.45, 7) is 0.465. The van der Waals surface area contributed by atoms with Crippen molar-refractivity contribution in [3.8, 4) is 0 Å². The Bertz CT molecular complexity index is 321. The molecule has 0 aliphatic heterocycles. The molecule has 0 saturated carbocycles. The Hall–Kier alpha value is -1.95. The van der Waals surface area contributed by atoms with Crippen LogP contribution in [0.4, 0.5) is 0 Å². The van der Waals surface area contributed by atoms with E-state index in [1.807, 2.05) is 0 Å². The average molecular weight is 238 g/mol. The second kappa shape index (κ2) is 10.6. The molecule has 0 aliphatic rings. The zero-order valence-electron chi connectivity index (χ0n) is 9.57. The fourth-order valence-corrected chi connectivity index (χ4v) is 0.975. The van der Waals surface area contributed by atoms with E-state index in [0.29, 0.717) is 19.4 Å². The molecule has 5 N–H and O–H groups in total. The number of allylic oxidation sites excluding steroid dienone is 2. The number of carbonyl (C=O) groups is 1. The molecular formula is C11H18N4O2. The summed E-state index contributed by atoms with van der Waals surface area (Å²) >= 11 is 0. The molecule has 6 nitrogen and oxygen atoms in total. The number of aliphatic imine (C=N–C) groups is 2. The fourth-order valence-electron chi connectivity index (χ4n) is 0.975. The normalized spacial score (nSPS) is 14.4. The van der Waals surface area contributed by atoms with Gasteiger partial charge in [0, 0.05) is 24.8 Å². The second-order valence-corrected chi connectivity index (χ2v) is 3.11. The van der Waals surface area contributed by atoms with Gasteiger partial charge in [0.2, 0.25) is 0 Å². The van der Waals surface area contributed by atoms with Gasteiger partial charge in [0.1, 0.15) is 6.04 Å². The van der Waals surface area contributed by atoms with Gasteiger partial charge in [0.25, 0.3) is 0 Å². The molecule has 0 aromatic heterocycles. The Balaban J connectivity index is 4.12. The Morgan fingerprint density at radius 3 is 2.65 bits per heavy atom. The predicted octanol–water partition coefficient (Wildman–Crippen LogP) is 0.306. The van der Waals surface area contributed by atoms with Gasteiger partial charge >= 0.3 is 5.97 Å². The molecule has 0 amide bonds. The van der Waals surface area contributed by atoms with Crippen LogP contribution in [-0.2, 0) is 4.79 Å². The number of carboxylic acids is 1. The van der Waals surface area contributed by atoms with Gasteiger partial charge in [0.15, 0.2) is 0 Å². The maximum atomic E-state index is 10.8. The van der Waals surface area contributed by atoms with Gasteiger partial charge in [-0.1, -0.05) is 0 Å². The maximum absolute atomic E-state index is 10.8. The molecule has 0 aromatic carbocycles. The summed E-state index contributed by atoms with van der Waals surface area (Å²) in [5, 5.41) is 8.84. The van der Waals surface area contributed by atoms with Crippen molar-refractivity contribution in [3.63, 3.8) is 0 Å². The SMILES string of the molecule is N\C=C/N=C/C=C/C=NC(CCCN)C(=O)O. The van der Waals surface area contributed by atoms with E-state index in [1.54, 1.807) is 12.2 Å². The van der Waals surface area contributed by atoms with Crippen LogP contribution in [0.25, 0.3) is 0 Å². The molecule has 17 heavy (non-hydrogen) atoms. The van der Waals surface area contributed by atoms with E-state index in [4.69, 9.17) is 16.6 Å². The number of carboxylic acid groups (broad SMARTS) is 1. The Morgan fingerprint density at radius 2 is 2.06 bits per heavy atom. The zero-order valence-corrected chi connectivity index (χ0v) is 9.57. The maximum Gasteiger partial charge on any atom is 0.328 e. The van der Waals surface area contributed by atoms with Gasteiger partial charge in [-0.2, -0.15) is 0 Å². The lowest BCUT2D eigenvalue weighted by atomic mass is 10.1. The lowest BCUT2D eigenvalue weighted by Crippen LogP contribution is -2.19. The summed E-state index contributed by atoms with van der Waals surface area (Å²) in [7, 11) is 0. The van der Waals surface area contributed by atoms with Crippen molar-refractivity contribution in [3.05, 3.63) is 24.6 Å². The molecular weight excluding hydrogens is 220 g/mol. The van der Waals surface area contributed by atoms with E-state index in [1.165, 1.54) is 24.8 Å². The Labute approximate surface area is 100 Å². The van der Waals surface area contributed by atoms with Gasteiger partial charge in [-0.3, -0.25) is 9.98 Å². The van der Waals surface area contributed by atoms with Crippen LogP contribution >= 0.6 is 0 Å². The third-order valence-electron chi connectivity index (χ3n) is 1.77. The molecule has 0 saturated heterocycles.